The number of ether oxygens (including phenoxy) is 1. The average Bonchev–Trinajstić information content (AvgIpc) is 2.26. The van der Waals surface area contributed by atoms with Crippen molar-refractivity contribution in [2.75, 3.05) is 13.2 Å². The highest BCUT2D eigenvalue weighted by molar-refractivity contribution is 5.75. The zero-order valence-corrected chi connectivity index (χ0v) is 8.64. The van der Waals surface area contributed by atoms with Crippen LogP contribution in [0, 0.1) is 0 Å². The molecule has 4 nitrogen and oxygen atoms in total. The molecule has 0 aromatic heterocycles. The van der Waals surface area contributed by atoms with E-state index in [0.29, 0.717) is 18.9 Å². The summed E-state index contributed by atoms with van der Waals surface area (Å²) in [7, 11) is 0. The van der Waals surface area contributed by atoms with Crippen molar-refractivity contribution < 1.29 is 14.6 Å². The molecule has 1 rings (SSSR count). The summed E-state index contributed by atoms with van der Waals surface area (Å²) in [5, 5.41) is 8.80. The lowest BCUT2D eigenvalue weighted by Crippen LogP contribution is -2.11. The van der Waals surface area contributed by atoms with Crippen molar-refractivity contribution in [2.24, 2.45) is 5.73 Å². The fourth-order valence-corrected chi connectivity index (χ4v) is 1.17. The van der Waals surface area contributed by atoms with Gasteiger partial charge in [0.05, 0.1) is 5.92 Å². The van der Waals surface area contributed by atoms with Crippen molar-refractivity contribution >= 4 is 5.97 Å². The van der Waals surface area contributed by atoms with Gasteiger partial charge in [-0.05, 0) is 24.6 Å². The highest BCUT2D eigenvalue weighted by Gasteiger charge is 2.12. The lowest BCUT2D eigenvalue weighted by Gasteiger charge is -2.08. The number of nitrogens with two attached hydrogens (primary N) is 1. The summed E-state index contributed by atoms with van der Waals surface area (Å²) in [4.78, 5) is 10.7. The van der Waals surface area contributed by atoms with Crippen LogP contribution in [0.5, 0.6) is 5.75 Å². The number of aliphatic carboxylic acids is 1. The molecule has 1 unspecified atom stereocenters. The molecule has 0 saturated heterocycles. The molecule has 0 bridgehead atoms. The number of hydrogen-bond acceptors (Lipinski definition) is 3. The van der Waals surface area contributed by atoms with Crippen molar-refractivity contribution in [1.29, 1.82) is 0 Å². The van der Waals surface area contributed by atoms with E-state index in [1.165, 1.54) is 0 Å². The Morgan fingerprint density at radius 1 is 1.47 bits per heavy atom. The van der Waals surface area contributed by atoms with Crippen LogP contribution in [0.4, 0.5) is 0 Å². The molecule has 0 aliphatic carbocycles. The first kappa shape index (κ1) is 11.5. The highest BCUT2D eigenvalue weighted by Crippen LogP contribution is 2.19. The van der Waals surface area contributed by atoms with Crippen LogP contribution >= 0.6 is 0 Å². The van der Waals surface area contributed by atoms with Crippen LogP contribution in [0.1, 0.15) is 18.4 Å². The number of carbonyl (C=O) groups is 1. The molecule has 0 fully saturated rings. The van der Waals surface area contributed by atoms with E-state index in [1.807, 2.05) is 0 Å². The van der Waals surface area contributed by atoms with E-state index in [-0.39, 0.29) is 0 Å². The van der Waals surface area contributed by atoms with Gasteiger partial charge in [-0.3, -0.25) is 4.79 Å². The quantitative estimate of drug-likeness (QED) is 0.764. The molecule has 1 aromatic rings. The molecule has 82 valence electrons. The van der Waals surface area contributed by atoms with Crippen LogP contribution < -0.4 is 10.5 Å². The predicted octanol–water partition coefficient (Wildman–Crippen LogP) is 1.21. The molecule has 0 radical (unpaired) electrons. The van der Waals surface area contributed by atoms with E-state index in [4.69, 9.17) is 15.6 Å². The Morgan fingerprint density at radius 2 is 2.07 bits per heavy atom. The van der Waals surface area contributed by atoms with Crippen molar-refractivity contribution in [3.05, 3.63) is 29.8 Å². The Kier molecular flexibility index (Phi) is 4.12. The van der Waals surface area contributed by atoms with Gasteiger partial charge < -0.3 is 15.6 Å². The molecular weight excluding hydrogens is 194 g/mol. The zero-order chi connectivity index (χ0) is 11.3. The van der Waals surface area contributed by atoms with E-state index in [0.717, 1.165) is 5.56 Å². The third-order valence-corrected chi connectivity index (χ3v) is 2.14. The van der Waals surface area contributed by atoms with Gasteiger partial charge in [-0.15, -0.1) is 0 Å². The summed E-state index contributed by atoms with van der Waals surface area (Å²) in [5.74, 6) is -0.610. The van der Waals surface area contributed by atoms with Crippen molar-refractivity contribution in [3.8, 4) is 5.75 Å². The van der Waals surface area contributed by atoms with Gasteiger partial charge in [0.2, 0.25) is 0 Å². The van der Waals surface area contributed by atoms with Crippen molar-refractivity contribution in [3.63, 3.8) is 0 Å². The molecule has 0 amide bonds. The van der Waals surface area contributed by atoms with Crippen LogP contribution in [0.15, 0.2) is 24.3 Å². The molecule has 15 heavy (non-hydrogen) atoms. The maximum atomic E-state index is 10.7. The van der Waals surface area contributed by atoms with Crippen LogP contribution in [-0.2, 0) is 4.79 Å². The second-order valence-electron chi connectivity index (χ2n) is 3.27. The first-order valence-corrected chi connectivity index (χ1v) is 4.80. The number of rotatable bonds is 5. The fourth-order valence-electron chi connectivity index (χ4n) is 1.17. The van der Waals surface area contributed by atoms with E-state index < -0.39 is 11.9 Å². The van der Waals surface area contributed by atoms with Crippen molar-refractivity contribution in [1.82, 2.24) is 0 Å². The summed E-state index contributed by atoms with van der Waals surface area (Å²) >= 11 is 0. The van der Waals surface area contributed by atoms with E-state index in [2.05, 4.69) is 0 Å². The minimum absolute atomic E-state index is 0.466. The summed E-state index contributed by atoms with van der Waals surface area (Å²) in [6, 6.07) is 7.02. The zero-order valence-electron chi connectivity index (χ0n) is 8.64. The minimum Gasteiger partial charge on any atom is -0.492 e. The number of benzene rings is 1. The van der Waals surface area contributed by atoms with Gasteiger partial charge in [-0.25, -0.2) is 0 Å². The van der Waals surface area contributed by atoms with Crippen LogP contribution in [0.3, 0.4) is 0 Å². The Hall–Kier alpha value is -1.55. The smallest absolute Gasteiger partial charge is 0.310 e. The molecule has 1 aromatic carbocycles. The lowest BCUT2D eigenvalue weighted by molar-refractivity contribution is -0.138. The third kappa shape index (κ3) is 3.25. The minimum atomic E-state index is -0.828. The topological polar surface area (TPSA) is 72.5 Å². The van der Waals surface area contributed by atoms with E-state index in [9.17, 15) is 4.79 Å². The first-order valence-electron chi connectivity index (χ1n) is 4.80. The summed E-state index contributed by atoms with van der Waals surface area (Å²) < 4.78 is 5.28. The Balaban J connectivity index is 2.67. The monoisotopic (exact) mass is 209 g/mol. The van der Waals surface area contributed by atoms with Gasteiger partial charge in [0.1, 0.15) is 12.4 Å². The van der Waals surface area contributed by atoms with Crippen LogP contribution in [-0.4, -0.2) is 24.2 Å². The molecule has 0 aliphatic rings. The number of hydrogen-bond donors (Lipinski definition) is 2. The van der Waals surface area contributed by atoms with Gasteiger partial charge in [-0.2, -0.15) is 0 Å². The van der Waals surface area contributed by atoms with Gasteiger partial charge in [-0.1, -0.05) is 12.1 Å². The van der Waals surface area contributed by atoms with E-state index >= 15 is 0 Å². The maximum absolute atomic E-state index is 10.7. The number of carboxylic acid groups (broad SMARTS) is 1. The molecule has 0 saturated carbocycles. The summed E-state index contributed by atoms with van der Waals surface area (Å²) in [6.45, 7) is 2.58. The summed E-state index contributed by atoms with van der Waals surface area (Å²) in [5.41, 5.74) is 6.06. The molecule has 0 aliphatic heterocycles. The van der Waals surface area contributed by atoms with Crippen molar-refractivity contribution in [2.45, 2.75) is 12.8 Å². The fraction of sp³-hybridized carbons (Fsp3) is 0.364. The molecule has 0 spiro atoms. The first-order chi connectivity index (χ1) is 7.15. The van der Waals surface area contributed by atoms with Gasteiger partial charge >= 0.3 is 5.97 Å². The molecule has 3 N–H and O–H groups in total. The predicted molar refractivity (Wildman–Crippen MR) is 57.0 cm³/mol. The van der Waals surface area contributed by atoms with Gasteiger partial charge in [0, 0.05) is 6.54 Å². The van der Waals surface area contributed by atoms with E-state index in [1.54, 1.807) is 31.2 Å². The Morgan fingerprint density at radius 3 is 2.53 bits per heavy atom. The van der Waals surface area contributed by atoms with Gasteiger partial charge in [0.25, 0.3) is 0 Å². The van der Waals surface area contributed by atoms with Gasteiger partial charge in [0.15, 0.2) is 0 Å². The molecule has 1 atom stereocenters. The summed E-state index contributed by atoms with van der Waals surface area (Å²) in [6.07, 6.45) is 0. The Bertz CT molecular complexity index is 321. The average molecular weight is 209 g/mol. The maximum Gasteiger partial charge on any atom is 0.310 e. The normalized spacial score (nSPS) is 12.1. The molecule has 0 heterocycles. The second-order valence-corrected chi connectivity index (χ2v) is 3.27. The third-order valence-electron chi connectivity index (χ3n) is 2.14. The lowest BCUT2D eigenvalue weighted by atomic mass is 10.0. The standard InChI is InChI=1S/C11H15NO3/c1-8(11(13)14)9-2-4-10(5-3-9)15-7-6-12/h2-5,8H,6-7,12H2,1H3,(H,13,14). The highest BCUT2D eigenvalue weighted by atomic mass is 16.5. The Labute approximate surface area is 88.7 Å². The SMILES string of the molecule is CC(C(=O)O)c1ccc(OCCN)cc1. The molecule has 4 heteroatoms. The van der Waals surface area contributed by atoms with Crippen LogP contribution in [0.25, 0.3) is 0 Å². The second kappa shape index (κ2) is 5.36. The number of carboxylic acids is 1. The largest absolute Gasteiger partial charge is 0.492 e. The van der Waals surface area contributed by atoms with Crippen LogP contribution in [0.2, 0.25) is 0 Å². The molecular formula is C11H15NO3.